The smallest absolute Gasteiger partial charge is 0.240 e. The number of rotatable bonds is 4. The first kappa shape index (κ1) is 31.5. The van der Waals surface area contributed by atoms with Crippen LogP contribution in [-0.4, -0.2) is 114 Å². The number of hydrogen-bond donors (Lipinski definition) is 8. The summed E-state index contributed by atoms with van der Waals surface area (Å²) in [5.41, 5.74) is 5.67. The molecule has 4 aliphatic heterocycles. The van der Waals surface area contributed by atoms with E-state index in [0.29, 0.717) is 24.3 Å². The third-order valence-electron chi connectivity index (χ3n) is 9.80. The molecule has 0 aliphatic carbocycles. The standard InChI is InChI=1S/C34H38O12/c35-15-25-27(37)29(39)31(41)33(45-25)11-9-21-13-19(5-7-23(21)43-33)17-1-2-18(4-3-17)20-6-8-24-22(14-20)10-12-34(44-24)32(42)30(40)28(38)26(16-36)46-34/h1-8,13-14,25-32,35-42H,9-12,15-16H2. The van der Waals surface area contributed by atoms with Gasteiger partial charge in [0.15, 0.2) is 0 Å². The van der Waals surface area contributed by atoms with E-state index in [1.807, 2.05) is 48.5 Å². The van der Waals surface area contributed by atoms with E-state index < -0.39 is 73.6 Å². The van der Waals surface area contributed by atoms with Crippen molar-refractivity contribution < 1.29 is 59.8 Å². The van der Waals surface area contributed by atoms with E-state index in [4.69, 9.17) is 18.9 Å². The molecule has 12 nitrogen and oxygen atoms in total. The molecule has 0 aromatic heterocycles. The van der Waals surface area contributed by atoms with E-state index in [1.165, 1.54) is 0 Å². The highest BCUT2D eigenvalue weighted by Crippen LogP contribution is 2.44. The predicted molar refractivity (Wildman–Crippen MR) is 161 cm³/mol. The fourth-order valence-electron chi connectivity index (χ4n) is 7.05. The molecule has 2 spiro atoms. The molecular formula is C34H38O12. The average Bonchev–Trinajstić information content (AvgIpc) is 3.09. The number of ether oxygens (including phenoxy) is 4. The van der Waals surface area contributed by atoms with Gasteiger partial charge in [0.1, 0.15) is 60.3 Å². The zero-order valence-corrected chi connectivity index (χ0v) is 24.8. The minimum Gasteiger partial charge on any atom is -0.459 e. The van der Waals surface area contributed by atoms with Crippen molar-refractivity contribution in [2.75, 3.05) is 13.2 Å². The van der Waals surface area contributed by atoms with Crippen LogP contribution in [0, 0.1) is 0 Å². The molecule has 0 amide bonds. The fourth-order valence-corrected chi connectivity index (χ4v) is 7.05. The van der Waals surface area contributed by atoms with E-state index in [2.05, 4.69) is 0 Å². The summed E-state index contributed by atoms with van der Waals surface area (Å²) < 4.78 is 23.7. The van der Waals surface area contributed by atoms with Crippen LogP contribution in [-0.2, 0) is 22.3 Å². The molecule has 7 rings (SSSR count). The van der Waals surface area contributed by atoms with E-state index >= 15 is 0 Å². The Labute approximate surface area is 264 Å². The minimum absolute atomic E-state index is 0.225. The largest absolute Gasteiger partial charge is 0.459 e. The van der Waals surface area contributed by atoms with Crippen molar-refractivity contribution in [2.24, 2.45) is 0 Å². The van der Waals surface area contributed by atoms with Crippen molar-refractivity contribution in [3.63, 3.8) is 0 Å². The summed E-state index contributed by atoms with van der Waals surface area (Å²) in [6.45, 7) is -1.06. The molecule has 0 radical (unpaired) electrons. The highest BCUT2D eigenvalue weighted by atomic mass is 16.7. The monoisotopic (exact) mass is 638 g/mol. The molecule has 0 saturated carbocycles. The van der Waals surface area contributed by atoms with Crippen molar-refractivity contribution in [3.05, 3.63) is 71.8 Å². The molecule has 46 heavy (non-hydrogen) atoms. The van der Waals surface area contributed by atoms with Crippen molar-refractivity contribution in [3.8, 4) is 33.8 Å². The Morgan fingerprint density at radius 2 is 0.891 bits per heavy atom. The normalized spacial score (nSPS) is 36.9. The van der Waals surface area contributed by atoms with Gasteiger partial charge >= 0.3 is 0 Å². The third kappa shape index (κ3) is 5.10. The van der Waals surface area contributed by atoms with E-state index in [-0.39, 0.29) is 12.8 Å². The molecular weight excluding hydrogens is 600 g/mol. The third-order valence-corrected chi connectivity index (χ3v) is 9.80. The molecule has 0 bridgehead atoms. The SMILES string of the molecule is OCC1OC2(CCc3cc(-c4ccc(-c5ccc6c(c5)CCC5(O6)OC(CO)C(O)C(O)C5O)cc4)ccc3O2)C(O)C(O)C1O. The average molecular weight is 639 g/mol. The maximum absolute atomic E-state index is 10.7. The van der Waals surface area contributed by atoms with Crippen LogP contribution >= 0.6 is 0 Å². The molecule has 3 aromatic rings. The Hall–Kier alpha value is -3.14. The van der Waals surface area contributed by atoms with Crippen LogP contribution in [0.15, 0.2) is 60.7 Å². The molecule has 4 heterocycles. The maximum Gasteiger partial charge on any atom is 0.240 e. The highest BCUT2D eigenvalue weighted by Gasteiger charge is 2.57. The molecule has 4 aliphatic rings. The van der Waals surface area contributed by atoms with E-state index in [0.717, 1.165) is 33.4 Å². The van der Waals surface area contributed by atoms with Gasteiger partial charge in [-0.2, -0.15) is 0 Å². The second-order valence-electron chi connectivity index (χ2n) is 12.6. The highest BCUT2D eigenvalue weighted by molar-refractivity contribution is 5.72. The Morgan fingerprint density at radius 1 is 0.522 bits per heavy atom. The number of fused-ring (bicyclic) bond motifs is 2. The van der Waals surface area contributed by atoms with Crippen LogP contribution in [0.1, 0.15) is 24.0 Å². The lowest BCUT2D eigenvalue weighted by Crippen LogP contribution is -2.68. The number of hydrogen-bond acceptors (Lipinski definition) is 12. The first-order valence-electron chi connectivity index (χ1n) is 15.5. The Bertz CT molecular complexity index is 1460. The van der Waals surface area contributed by atoms with E-state index in [1.54, 1.807) is 12.1 Å². The summed E-state index contributed by atoms with van der Waals surface area (Å²) in [6, 6.07) is 19.4. The molecule has 2 saturated heterocycles. The van der Waals surface area contributed by atoms with Crippen molar-refractivity contribution in [2.45, 2.75) is 86.1 Å². The van der Waals surface area contributed by atoms with Crippen LogP contribution in [0.2, 0.25) is 0 Å². The zero-order valence-electron chi connectivity index (χ0n) is 24.8. The Balaban J connectivity index is 1.07. The van der Waals surface area contributed by atoms with Crippen LogP contribution in [0.25, 0.3) is 22.3 Å². The van der Waals surface area contributed by atoms with Gasteiger partial charge in [0, 0.05) is 12.8 Å². The van der Waals surface area contributed by atoms with Crippen LogP contribution in [0.4, 0.5) is 0 Å². The lowest BCUT2D eigenvalue weighted by molar-refractivity contribution is -0.342. The predicted octanol–water partition coefficient (Wildman–Crippen LogP) is 0.0108. The van der Waals surface area contributed by atoms with E-state index in [9.17, 15) is 40.9 Å². The summed E-state index contributed by atoms with van der Waals surface area (Å²) in [6.07, 6.45) is -9.63. The summed E-state index contributed by atoms with van der Waals surface area (Å²) in [4.78, 5) is 0. The van der Waals surface area contributed by atoms with Gasteiger partial charge in [-0.1, -0.05) is 36.4 Å². The van der Waals surface area contributed by atoms with Gasteiger partial charge < -0.3 is 59.8 Å². The topological polar surface area (TPSA) is 199 Å². The number of benzene rings is 3. The lowest BCUT2D eigenvalue weighted by atomic mass is 9.86. The van der Waals surface area contributed by atoms with Crippen LogP contribution in [0.3, 0.4) is 0 Å². The quantitative estimate of drug-likeness (QED) is 0.191. The first-order chi connectivity index (χ1) is 22.1. The van der Waals surface area contributed by atoms with Gasteiger partial charge in [-0.15, -0.1) is 0 Å². The van der Waals surface area contributed by atoms with Gasteiger partial charge in [0.05, 0.1) is 13.2 Å². The molecule has 10 unspecified atom stereocenters. The molecule has 8 N–H and O–H groups in total. The van der Waals surface area contributed by atoms with Gasteiger partial charge in [0.25, 0.3) is 0 Å². The van der Waals surface area contributed by atoms with Gasteiger partial charge in [-0.3, -0.25) is 0 Å². The zero-order chi connectivity index (χ0) is 32.4. The van der Waals surface area contributed by atoms with Gasteiger partial charge in [-0.05, 0) is 70.5 Å². The van der Waals surface area contributed by atoms with Crippen molar-refractivity contribution in [1.82, 2.24) is 0 Å². The number of aliphatic hydroxyl groups is 8. The Kier molecular flexibility index (Phi) is 8.09. The molecule has 246 valence electrons. The minimum atomic E-state index is -1.57. The fraction of sp³-hybridized carbons (Fsp3) is 0.471. The lowest BCUT2D eigenvalue weighted by Gasteiger charge is -2.49. The molecule has 12 heteroatoms. The van der Waals surface area contributed by atoms with Crippen molar-refractivity contribution >= 4 is 0 Å². The molecule has 3 aromatic carbocycles. The Morgan fingerprint density at radius 3 is 1.26 bits per heavy atom. The molecule has 2 fully saturated rings. The second kappa shape index (κ2) is 11.8. The summed E-state index contributed by atoms with van der Waals surface area (Å²) in [5, 5.41) is 81.5. The van der Waals surface area contributed by atoms with Crippen molar-refractivity contribution in [1.29, 1.82) is 0 Å². The summed E-state index contributed by atoms with van der Waals surface area (Å²) in [7, 11) is 0. The van der Waals surface area contributed by atoms with Crippen LogP contribution in [0.5, 0.6) is 11.5 Å². The second-order valence-corrected chi connectivity index (χ2v) is 12.6. The summed E-state index contributed by atoms with van der Waals surface area (Å²) >= 11 is 0. The van der Waals surface area contributed by atoms with Crippen LogP contribution < -0.4 is 9.47 Å². The molecule has 10 atom stereocenters. The number of aliphatic hydroxyl groups excluding tert-OH is 8. The van der Waals surface area contributed by atoms with Gasteiger partial charge in [0.2, 0.25) is 11.6 Å². The number of aryl methyl sites for hydroxylation is 2. The maximum atomic E-state index is 10.7. The summed E-state index contributed by atoms with van der Waals surface area (Å²) in [5.74, 6) is -2.16. The van der Waals surface area contributed by atoms with Gasteiger partial charge in [-0.25, -0.2) is 0 Å². The first-order valence-corrected chi connectivity index (χ1v) is 15.5.